The zero-order chi connectivity index (χ0) is 20.9. The van der Waals surface area contributed by atoms with E-state index in [1.807, 2.05) is 35.0 Å². The molecule has 1 aromatic heterocycles. The van der Waals surface area contributed by atoms with E-state index in [0.29, 0.717) is 0 Å². The Labute approximate surface area is 196 Å². The maximum atomic E-state index is 6.62. The molecule has 152 valence electrons. The summed E-state index contributed by atoms with van der Waals surface area (Å²) in [5, 5.41) is 8.09. The van der Waals surface area contributed by atoms with Crippen LogP contribution in [0.15, 0.2) is 93.6 Å². The van der Waals surface area contributed by atoms with Gasteiger partial charge in [-0.05, 0) is 47.5 Å². The average Bonchev–Trinajstić information content (AvgIpc) is 3.26. The number of fused-ring (bicyclic) bond motifs is 3. The number of hydrogen-bond donors (Lipinski definition) is 1. The van der Waals surface area contributed by atoms with Gasteiger partial charge in [0.15, 0.2) is 0 Å². The first-order chi connectivity index (χ1) is 15.2. The first-order valence-corrected chi connectivity index (χ1v) is 11.5. The summed E-state index contributed by atoms with van der Waals surface area (Å²) in [5.41, 5.74) is 5.35. The summed E-state index contributed by atoms with van der Waals surface area (Å²) in [7, 11) is 0. The molecule has 6 rings (SSSR count). The minimum absolute atomic E-state index is 0.154. The zero-order valence-electron chi connectivity index (χ0n) is 16.2. The van der Waals surface area contributed by atoms with Gasteiger partial charge >= 0.3 is 0 Å². The monoisotopic (exact) mass is 534 g/mol. The summed E-state index contributed by atoms with van der Waals surface area (Å²) in [6.45, 7) is 0. The fraction of sp³-hybridized carbons (Fsp3) is 0.0833. The molecule has 1 N–H and O–H groups in total. The maximum Gasteiger partial charge on any atom is 0.226 e. The molecule has 3 aromatic carbocycles. The summed E-state index contributed by atoms with van der Waals surface area (Å²) in [6.07, 6.45) is 1.31. The third-order valence-corrected chi connectivity index (χ3v) is 6.68. The number of benzene rings is 3. The second-order valence-corrected chi connectivity index (χ2v) is 9.32. The minimum Gasteiger partial charge on any atom is -0.480 e. The van der Waals surface area contributed by atoms with Crippen molar-refractivity contribution >= 4 is 43.5 Å². The SMILES string of the molecule is Brc1ccc([C@@H]2C3=C(Nc4ncnn42)c2ccccc2O[C@H]3c2cccc(Br)c2)cc1. The van der Waals surface area contributed by atoms with E-state index in [0.717, 1.165) is 48.6 Å². The van der Waals surface area contributed by atoms with Crippen molar-refractivity contribution in [1.82, 2.24) is 14.8 Å². The van der Waals surface area contributed by atoms with Crippen LogP contribution in [0.3, 0.4) is 0 Å². The number of nitrogens with zero attached hydrogens (tertiary/aromatic N) is 3. The average molecular weight is 536 g/mol. The number of anilines is 1. The van der Waals surface area contributed by atoms with Gasteiger partial charge in [-0.25, -0.2) is 4.68 Å². The Hall–Kier alpha value is -2.90. The van der Waals surface area contributed by atoms with Gasteiger partial charge in [-0.15, -0.1) is 0 Å². The molecular weight excluding hydrogens is 520 g/mol. The molecule has 0 bridgehead atoms. The van der Waals surface area contributed by atoms with E-state index < -0.39 is 0 Å². The van der Waals surface area contributed by atoms with E-state index in [-0.39, 0.29) is 12.1 Å². The predicted octanol–water partition coefficient (Wildman–Crippen LogP) is 6.36. The number of hydrogen-bond acceptors (Lipinski definition) is 4. The summed E-state index contributed by atoms with van der Waals surface area (Å²) < 4.78 is 10.6. The lowest BCUT2D eigenvalue weighted by atomic mass is 9.84. The highest BCUT2D eigenvalue weighted by Gasteiger charge is 2.40. The number of rotatable bonds is 2. The van der Waals surface area contributed by atoms with Gasteiger partial charge in [0.25, 0.3) is 0 Å². The highest BCUT2D eigenvalue weighted by molar-refractivity contribution is 9.10. The molecule has 0 radical (unpaired) electrons. The molecule has 5 nitrogen and oxygen atoms in total. The van der Waals surface area contributed by atoms with Crippen molar-refractivity contribution in [3.05, 3.63) is 110 Å². The second kappa shape index (κ2) is 7.35. The van der Waals surface area contributed by atoms with E-state index in [1.165, 1.54) is 0 Å². The van der Waals surface area contributed by atoms with Crippen LogP contribution in [0.1, 0.15) is 28.8 Å². The minimum atomic E-state index is -0.277. The van der Waals surface area contributed by atoms with Crippen LogP contribution in [0, 0.1) is 0 Å². The van der Waals surface area contributed by atoms with Crippen LogP contribution >= 0.6 is 31.9 Å². The number of halogens is 2. The molecule has 2 aliphatic rings. The number of ether oxygens (including phenoxy) is 1. The Bertz CT molecular complexity index is 1330. The molecule has 7 heteroatoms. The molecule has 31 heavy (non-hydrogen) atoms. The predicted molar refractivity (Wildman–Crippen MR) is 127 cm³/mol. The Morgan fingerprint density at radius 1 is 0.871 bits per heavy atom. The molecule has 2 atom stereocenters. The fourth-order valence-electron chi connectivity index (χ4n) is 4.33. The van der Waals surface area contributed by atoms with Crippen molar-refractivity contribution in [2.75, 3.05) is 5.32 Å². The van der Waals surface area contributed by atoms with Gasteiger partial charge in [-0.2, -0.15) is 10.1 Å². The highest BCUT2D eigenvalue weighted by Crippen LogP contribution is 2.50. The van der Waals surface area contributed by atoms with Crippen molar-refractivity contribution in [2.45, 2.75) is 12.1 Å². The molecule has 0 fully saturated rings. The van der Waals surface area contributed by atoms with Crippen molar-refractivity contribution in [3.63, 3.8) is 0 Å². The van der Waals surface area contributed by atoms with Crippen LogP contribution in [0.2, 0.25) is 0 Å². The number of nitrogens with one attached hydrogen (secondary N) is 1. The molecule has 0 saturated heterocycles. The lowest BCUT2D eigenvalue weighted by Crippen LogP contribution is -2.32. The second-order valence-electron chi connectivity index (χ2n) is 7.49. The quantitative estimate of drug-likeness (QED) is 0.324. The van der Waals surface area contributed by atoms with Gasteiger partial charge in [-0.3, -0.25) is 0 Å². The topological polar surface area (TPSA) is 52.0 Å². The van der Waals surface area contributed by atoms with Crippen molar-refractivity contribution in [1.29, 1.82) is 0 Å². The van der Waals surface area contributed by atoms with Gasteiger partial charge in [0.05, 0.1) is 5.70 Å². The third-order valence-electron chi connectivity index (χ3n) is 5.66. The Morgan fingerprint density at radius 2 is 1.71 bits per heavy atom. The highest BCUT2D eigenvalue weighted by atomic mass is 79.9. The van der Waals surface area contributed by atoms with Gasteiger partial charge in [-0.1, -0.05) is 68.3 Å². The largest absolute Gasteiger partial charge is 0.480 e. The smallest absolute Gasteiger partial charge is 0.226 e. The molecule has 0 spiro atoms. The standard InChI is InChI=1S/C24H16Br2N4O/c25-16-10-8-14(9-11-16)22-20-21(29-24-27-13-28-30(22)24)18-6-1-2-7-19(18)31-23(20)15-4-3-5-17(26)12-15/h1-13,22-23H,(H,27,28,29)/t22-,23+/m1/s1. The molecule has 4 aromatic rings. The first-order valence-electron chi connectivity index (χ1n) is 9.86. The zero-order valence-corrected chi connectivity index (χ0v) is 19.3. The fourth-order valence-corrected chi connectivity index (χ4v) is 5.01. The summed E-state index contributed by atoms with van der Waals surface area (Å²) >= 11 is 7.17. The Morgan fingerprint density at radius 3 is 2.55 bits per heavy atom. The van der Waals surface area contributed by atoms with E-state index in [2.05, 4.69) is 89.7 Å². The maximum absolute atomic E-state index is 6.62. The lowest BCUT2D eigenvalue weighted by Gasteiger charge is -2.39. The molecule has 2 aliphatic heterocycles. The van der Waals surface area contributed by atoms with Gasteiger partial charge < -0.3 is 10.1 Å². The summed E-state index contributed by atoms with van der Waals surface area (Å²) in [4.78, 5) is 4.47. The Kier molecular flexibility index (Phi) is 4.47. The van der Waals surface area contributed by atoms with Crippen LogP contribution in [0.5, 0.6) is 5.75 Å². The van der Waals surface area contributed by atoms with Crippen LogP contribution < -0.4 is 10.1 Å². The molecular formula is C24H16Br2N4O. The number of aromatic nitrogens is 3. The molecule has 3 heterocycles. The molecule has 0 saturated carbocycles. The van der Waals surface area contributed by atoms with Crippen molar-refractivity contribution in [2.24, 2.45) is 0 Å². The molecule has 0 aliphatic carbocycles. The first kappa shape index (κ1) is 18.8. The number of para-hydroxylation sites is 1. The van der Waals surface area contributed by atoms with Crippen LogP contribution in [-0.2, 0) is 0 Å². The van der Waals surface area contributed by atoms with E-state index in [4.69, 9.17) is 4.74 Å². The normalized spacial score (nSPS) is 19.0. The van der Waals surface area contributed by atoms with Gasteiger partial charge in [0, 0.05) is 20.1 Å². The van der Waals surface area contributed by atoms with Crippen molar-refractivity contribution < 1.29 is 4.74 Å². The molecule has 0 amide bonds. The van der Waals surface area contributed by atoms with Crippen molar-refractivity contribution in [3.8, 4) is 5.75 Å². The summed E-state index contributed by atoms with van der Waals surface area (Å²) in [6, 6.07) is 24.6. The van der Waals surface area contributed by atoms with Crippen LogP contribution in [-0.4, -0.2) is 14.8 Å². The van der Waals surface area contributed by atoms with Crippen LogP contribution in [0.4, 0.5) is 5.95 Å². The van der Waals surface area contributed by atoms with Gasteiger partial charge in [0.1, 0.15) is 24.2 Å². The van der Waals surface area contributed by atoms with E-state index >= 15 is 0 Å². The Balaban J connectivity index is 1.63. The molecule has 0 unspecified atom stereocenters. The third kappa shape index (κ3) is 3.11. The van der Waals surface area contributed by atoms with Crippen LogP contribution in [0.25, 0.3) is 5.70 Å². The van der Waals surface area contributed by atoms with E-state index in [9.17, 15) is 0 Å². The summed E-state index contributed by atoms with van der Waals surface area (Å²) in [5.74, 6) is 1.57. The lowest BCUT2D eigenvalue weighted by molar-refractivity contribution is 0.223. The van der Waals surface area contributed by atoms with E-state index in [1.54, 1.807) is 6.33 Å². The van der Waals surface area contributed by atoms with Gasteiger partial charge in [0.2, 0.25) is 5.95 Å².